The molecule has 0 spiro atoms. The van der Waals surface area contributed by atoms with E-state index in [2.05, 4.69) is 0 Å². The summed E-state index contributed by atoms with van der Waals surface area (Å²) in [6, 6.07) is 0. The molecule has 0 aromatic rings. The highest BCUT2D eigenvalue weighted by Gasteiger charge is 2.49. The predicted octanol–water partition coefficient (Wildman–Crippen LogP) is 1.21. The standard InChI is InChI=1S/C13H24O4Si/c1-5-8(18)9-10(12(15)16-11(9)14)17-13(4,6-2)7-3/h8-10H,5-7H2,1-4,18H3. The first-order chi connectivity index (χ1) is 8.38. The Morgan fingerprint density at radius 3 is 2.28 bits per heavy atom. The molecule has 0 saturated carbocycles. The Hall–Kier alpha value is -0.683. The molecule has 5 heteroatoms. The van der Waals surface area contributed by atoms with Crippen molar-refractivity contribution in [2.24, 2.45) is 5.92 Å². The molecule has 104 valence electrons. The van der Waals surface area contributed by atoms with Crippen LogP contribution in [-0.4, -0.2) is 33.9 Å². The van der Waals surface area contributed by atoms with Crippen molar-refractivity contribution in [1.29, 1.82) is 0 Å². The zero-order valence-electron chi connectivity index (χ0n) is 12.0. The lowest BCUT2D eigenvalue weighted by Crippen LogP contribution is -2.39. The molecule has 3 unspecified atom stereocenters. The first-order valence-corrected chi connectivity index (χ1v) is 7.97. The fourth-order valence-electron chi connectivity index (χ4n) is 2.12. The Morgan fingerprint density at radius 1 is 1.28 bits per heavy atom. The second-order valence-corrected chi connectivity index (χ2v) is 6.83. The van der Waals surface area contributed by atoms with E-state index in [4.69, 9.17) is 9.47 Å². The molecule has 3 atom stereocenters. The number of hydrogen-bond donors (Lipinski definition) is 0. The highest BCUT2D eigenvalue weighted by Crippen LogP contribution is 2.35. The molecule has 1 saturated heterocycles. The molecule has 1 aliphatic rings. The molecule has 0 aromatic heterocycles. The summed E-state index contributed by atoms with van der Waals surface area (Å²) in [5, 5.41) is 0. The molecule has 4 nitrogen and oxygen atoms in total. The molecule has 1 aliphatic heterocycles. The van der Waals surface area contributed by atoms with Crippen molar-refractivity contribution in [2.75, 3.05) is 0 Å². The van der Waals surface area contributed by atoms with Crippen molar-refractivity contribution in [3.63, 3.8) is 0 Å². The molecule has 1 fully saturated rings. The van der Waals surface area contributed by atoms with Crippen LogP contribution in [0.1, 0.15) is 47.0 Å². The van der Waals surface area contributed by atoms with E-state index in [1.165, 1.54) is 0 Å². The smallest absolute Gasteiger partial charge is 0.343 e. The average molecular weight is 272 g/mol. The fraction of sp³-hybridized carbons (Fsp3) is 0.846. The van der Waals surface area contributed by atoms with E-state index in [-0.39, 0.29) is 11.1 Å². The lowest BCUT2D eigenvalue weighted by atomic mass is 9.95. The maximum atomic E-state index is 11.8. The molecule has 1 heterocycles. The van der Waals surface area contributed by atoms with E-state index in [1.807, 2.05) is 27.7 Å². The van der Waals surface area contributed by atoms with Gasteiger partial charge in [0.1, 0.15) is 0 Å². The first-order valence-electron chi connectivity index (χ1n) is 6.81. The zero-order valence-corrected chi connectivity index (χ0v) is 14.0. The SMILES string of the molecule is CCC([SiH3])C1C(=O)OC(=O)C1OC(C)(CC)CC. The second-order valence-electron chi connectivity index (χ2n) is 5.35. The number of hydrogen-bond acceptors (Lipinski definition) is 4. The zero-order chi connectivity index (χ0) is 13.9. The number of esters is 2. The number of carbonyl (C=O) groups is 2. The van der Waals surface area contributed by atoms with Gasteiger partial charge in [0.05, 0.1) is 11.5 Å². The highest BCUT2D eigenvalue weighted by atomic mass is 28.1. The van der Waals surface area contributed by atoms with E-state index < -0.39 is 24.0 Å². The van der Waals surface area contributed by atoms with Crippen molar-refractivity contribution in [3.05, 3.63) is 0 Å². The molecule has 1 rings (SSSR count). The van der Waals surface area contributed by atoms with Gasteiger partial charge in [-0.05, 0) is 25.3 Å². The van der Waals surface area contributed by atoms with Gasteiger partial charge in [-0.15, -0.1) is 0 Å². The van der Waals surface area contributed by atoms with Gasteiger partial charge in [0.15, 0.2) is 6.10 Å². The maximum absolute atomic E-state index is 11.8. The van der Waals surface area contributed by atoms with Crippen LogP contribution in [0.25, 0.3) is 0 Å². The molecule has 0 N–H and O–H groups in total. The highest BCUT2D eigenvalue weighted by molar-refractivity contribution is 6.15. The van der Waals surface area contributed by atoms with E-state index >= 15 is 0 Å². The van der Waals surface area contributed by atoms with Gasteiger partial charge in [-0.2, -0.15) is 0 Å². The van der Waals surface area contributed by atoms with Crippen molar-refractivity contribution in [3.8, 4) is 0 Å². The quantitative estimate of drug-likeness (QED) is 0.414. The van der Waals surface area contributed by atoms with Gasteiger partial charge < -0.3 is 9.47 Å². The van der Waals surface area contributed by atoms with Gasteiger partial charge in [-0.3, -0.25) is 4.79 Å². The first kappa shape index (κ1) is 15.4. The normalized spacial score (nSPS) is 26.4. The van der Waals surface area contributed by atoms with E-state index in [9.17, 15) is 9.59 Å². The van der Waals surface area contributed by atoms with Crippen molar-refractivity contribution in [2.45, 2.75) is 64.2 Å². The van der Waals surface area contributed by atoms with Crippen LogP contribution in [0.4, 0.5) is 0 Å². The average Bonchev–Trinajstić information content (AvgIpc) is 2.63. The van der Waals surface area contributed by atoms with Gasteiger partial charge in [0, 0.05) is 10.2 Å². The van der Waals surface area contributed by atoms with Gasteiger partial charge >= 0.3 is 11.9 Å². The number of rotatable bonds is 6. The third-order valence-electron chi connectivity index (χ3n) is 4.20. The van der Waals surface area contributed by atoms with Crippen LogP contribution in [0.2, 0.25) is 5.54 Å². The lowest BCUT2D eigenvalue weighted by Gasteiger charge is -2.32. The summed E-state index contributed by atoms with van der Waals surface area (Å²) < 4.78 is 10.7. The van der Waals surface area contributed by atoms with Crippen LogP contribution in [0.5, 0.6) is 0 Å². The Morgan fingerprint density at radius 2 is 1.83 bits per heavy atom. The predicted molar refractivity (Wildman–Crippen MR) is 72.4 cm³/mol. The topological polar surface area (TPSA) is 52.6 Å². The van der Waals surface area contributed by atoms with Crippen molar-refractivity contribution >= 4 is 22.2 Å². The van der Waals surface area contributed by atoms with E-state index in [0.717, 1.165) is 29.5 Å². The molecule has 18 heavy (non-hydrogen) atoms. The van der Waals surface area contributed by atoms with Gasteiger partial charge in [0.2, 0.25) is 0 Å². The number of cyclic esters (lactones) is 2. The van der Waals surface area contributed by atoms with Crippen LogP contribution in [0.15, 0.2) is 0 Å². The largest absolute Gasteiger partial charge is 0.391 e. The minimum atomic E-state index is -0.704. The van der Waals surface area contributed by atoms with Crippen molar-refractivity contribution < 1.29 is 19.1 Å². The number of ether oxygens (including phenoxy) is 2. The molecule has 0 bridgehead atoms. The lowest BCUT2D eigenvalue weighted by molar-refractivity contribution is -0.161. The molecule has 0 amide bonds. The Labute approximate surface area is 112 Å². The molecular formula is C13H24O4Si. The van der Waals surface area contributed by atoms with E-state index in [0.29, 0.717) is 0 Å². The van der Waals surface area contributed by atoms with Crippen LogP contribution in [0, 0.1) is 5.92 Å². The molecule has 0 aromatic carbocycles. The Kier molecular flexibility index (Phi) is 5.10. The molecular weight excluding hydrogens is 248 g/mol. The van der Waals surface area contributed by atoms with Crippen LogP contribution < -0.4 is 0 Å². The third kappa shape index (κ3) is 3.01. The van der Waals surface area contributed by atoms with Gasteiger partial charge in [-0.1, -0.05) is 27.2 Å². The summed E-state index contributed by atoms with van der Waals surface area (Å²) in [4.78, 5) is 23.5. The minimum Gasteiger partial charge on any atom is -0.391 e. The Bertz CT molecular complexity index is 325. The fourth-order valence-corrected chi connectivity index (χ4v) is 2.75. The van der Waals surface area contributed by atoms with Crippen LogP contribution in [0.3, 0.4) is 0 Å². The summed E-state index contributed by atoms with van der Waals surface area (Å²) in [7, 11) is 0.861. The molecule has 0 radical (unpaired) electrons. The monoisotopic (exact) mass is 272 g/mol. The summed E-state index contributed by atoms with van der Waals surface area (Å²) in [5.74, 6) is -1.31. The Balaban J connectivity index is 2.90. The van der Waals surface area contributed by atoms with E-state index in [1.54, 1.807) is 0 Å². The summed E-state index contributed by atoms with van der Waals surface area (Å²) in [6.45, 7) is 8.06. The van der Waals surface area contributed by atoms with Crippen molar-refractivity contribution in [1.82, 2.24) is 0 Å². The van der Waals surface area contributed by atoms with Gasteiger partial charge in [-0.25, -0.2) is 4.79 Å². The third-order valence-corrected chi connectivity index (χ3v) is 5.73. The van der Waals surface area contributed by atoms with Crippen LogP contribution >= 0.6 is 0 Å². The molecule has 0 aliphatic carbocycles. The summed E-state index contributed by atoms with van der Waals surface area (Å²) in [5.41, 5.74) is -0.131. The second kappa shape index (κ2) is 5.97. The number of carbonyl (C=O) groups excluding carboxylic acids is 2. The van der Waals surface area contributed by atoms with Crippen LogP contribution in [-0.2, 0) is 19.1 Å². The minimum absolute atomic E-state index is 0.229. The van der Waals surface area contributed by atoms with Gasteiger partial charge in [0.25, 0.3) is 0 Å². The maximum Gasteiger partial charge on any atom is 0.343 e. The summed E-state index contributed by atoms with van der Waals surface area (Å²) >= 11 is 0. The summed E-state index contributed by atoms with van der Waals surface area (Å²) in [6.07, 6.45) is 1.80.